The number of aromatic nitrogens is 1. The highest BCUT2D eigenvalue weighted by atomic mass is 35.5. The van der Waals surface area contributed by atoms with Gasteiger partial charge >= 0.3 is 6.61 Å². The summed E-state index contributed by atoms with van der Waals surface area (Å²) in [6.45, 7) is -1.93. The van der Waals surface area contributed by atoms with Crippen molar-refractivity contribution in [1.29, 1.82) is 0 Å². The fourth-order valence-corrected chi connectivity index (χ4v) is 2.90. The minimum atomic E-state index is -2.92. The van der Waals surface area contributed by atoms with Crippen LogP contribution < -0.4 is 14.8 Å². The number of nitrogens with zero attached hydrogens (tertiary/aromatic N) is 3. The van der Waals surface area contributed by atoms with Gasteiger partial charge in [0.25, 0.3) is 0 Å². The quantitative estimate of drug-likeness (QED) is 0.571. The summed E-state index contributed by atoms with van der Waals surface area (Å²) >= 11 is 6.02. The Morgan fingerprint density at radius 3 is 2.63 bits per heavy atom. The van der Waals surface area contributed by atoms with Crippen LogP contribution in [0.4, 0.5) is 8.78 Å². The lowest BCUT2D eigenvalue weighted by Crippen LogP contribution is -2.38. The maximum atomic E-state index is 12.6. The second kappa shape index (κ2) is 9.45. The standard InChI is InChI=1S/C18H23ClF2N4O2/c1-22-18(25(3)11-14-8-13(19)10-24(14)2)23-9-12-5-6-15(26-4)16(7-12)27-17(20)21/h5-8,10,17H,9,11H2,1-4H3,(H,22,23). The number of rotatable bonds is 7. The van der Waals surface area contributed by atoms with Crippen LogP contribution in [0, 0.1) is 0 Å². The highest BCUT2D eigenvalue weighted by molar-refractivity contribution is 6.30. The molecule has 0 aliphatic rings. The molecule has 27 heavy (non-hydrogen) atoms. The number of nitrogens with one attached hydrogen (secondary N) is 1. The van der Waals surface area contributed by atoms with Gasteiger partial charge in [-0.3, -0.25) is 4.99 Å². The van der Waals surface area contributed by atoms with E-state index in [1.165, 1.54) is 13.2 Å². The van der Waals surface area contributed by atoms with E-state index >= 15 is 0 Å². The summed E-state index contributed by atoms with van der Waals surface area (Å²) in [5, 5.41) is 3.87. The van der Waals surface area contributed by atoms with Gasteiger partial charge in [-0.05, 0) is 23.8 Å². The van der Waals surface area contributed by atoms with Gasteiger partial charge in [0.1, 0.15) is 0 Å². The Balaban J connectivity index is 2.03. The van der Waals surface area contributed by atoms with Crippen LogP contribution in [-0.4, -0.2) is 43.2 Å². The predicted molar refractivity (Wildman–Crippen MR) is 102 cm³/mol. The largest absolute Gasteiger partial charge is 0.493 e. The Bertz CT molecular complexity index is 796. The first-order valence-electron chi connectivity index (χ1n) is 8.18. The van der Waals surface area contributed by atoms with E-state index in [0.717, 1.165) is 11.3 Å². The van der Waals surface area contributed by atoms with Crippen molar-refractivity contribution in [2.75, 3.05) is 21.2 Å². The number of aryl methyl sites for hydroxylation is 1. The van der Waals surface area contributed by atoms with Crippen LogP contribution in [0.1, 0.15) is 11.3 Å². The average Bonchev–Trinajstić information content (AvgIpc) is 2.92. The van der Waals surface area contributed by atoms with Crippen molar-refractivity contribution in [3.05, 3.63) is 46.7 Å². The fourth-order valence-electron chi connectivity index (χ4n) is 2.63. The minimum absolute atomic E-state index is 0.00593. The Labute approximate surface area is 162 Å². The Morgan fingerprint density at radius 2 is 2.07 bits per heavy atom. The lowest BCUT2D eigenvalue weighted by Gasteiger charge is -2.22. The van der Waals surface area contributed by atoms with Gasteiger partial charge in [0.2, 0.25) is 0 Å². The number of benzene rings is 1. The van der Waals surface area contributed by atoms with Gasteiger partial charge in [-0.25, -0.2) is 0 Å². The summed E-state index contributed by atoms with van der Waals surface area (Å²) < 4.78 is 36.6. The molecule has 0 aliphatic carbocycles. The molecule has 0 aliphatic heterocycles. The van der Waals surface area contributed by atoms with Crippen molar-refractivity contribution < 1.29 is 18.3 Å². The molecule has 1 N–H and O–H groups in total. The van der Waals surface area contributed by atoms with Crippen LogP contribution in [0.15, 0.2) is 35.5 Å². The number of hydrogen-bond donors (Lipinski definition) is 1. The molecule has 0 fully saturated rings. The predicted octanol–water partition coefficient (Wildman–Crippen LogP) is 3.50. The Hall–Kier alpha value is -2.48. The number of guanidine groups is 1. The molecule has 148 valence electrons. The fraction of sp³-hybridized carbons (Fsp3) is 0.389. The molecule has 0 saturated heterocycles. The molecule has 0 saturated carbocycles. The average molecular weight is 401 g/mol. The van der Waals surface area contributed by atoms with E-state index in [0.29, 0.717) is 24.1 Å². The van der Waals surface area contributed by atoms with Gasteiger partial charge in [-0.2, -0.15) is 8.78 Å². The van der Waals surface area contributed by atoms with Gasteiger partial charge in [0.15, 0.2) is 17.5 Å². The molecular formula is C18H23ClF2N4O2. The van der Waals surface area contributed by atoms with Gasteiger partial charge in [-0.15, -0.1) is 0 Å². The maximum Gasteiger partial charge on any atom is 0.387 e. The van der Waals surface area contributed by atoms with Gasteiger partial charge in [-0.1, -0.05) is 17.7 Å². The zero-order chi connectivity index (χ0) is 20.0. The molecule has 9 heteroatoms. The van der Waals surface area contributed by atoms with E-state index in [9.17, 15) is 8.78 Å². The zero-order valence-electron chi connectivity index (χ0n) is 15.7. The molecule has 2 aromatic rings. The highest BCUT2D eigenvalue weighted by Crippen LogP contribution is 2.29. The third-order valence-electron chi connectivity index (χ3n) is 3.94. The summed E-state index contributed by atoms with van der Waals surface area (Å²) in [4.78, 5) is 6.19. The second-order valence-electron chi connectivity index (χ2n) is 5.88. The number of halogens is 3. The molecule has 0 atom stereocenters. The van der Waals surface area contributed by atoms with Crippen molar-refractivity contribution in [3.8, 4) is 11.5 Å². The van der Waals surface area contributed by atoms with Crippen LogP contribution in [0.2, 0.25) is 5.02 Å². The number of hydrogen-bond acceptors (Lipinski definition) is 3. The Morgan fingerprint density at radius 1 is 1.33 bits per heavy atom. The number of aliphatic imine (C=N–C) groups is 1. The van der Waals surface area contributed by atoms with Crippen molar-refractivity contribution in [3.63, 3.8) is 0 Å². The molecule has 0 unspecified atom stereocenters. The van der Waals surface area contributed by atoms with Crippen molar-refractivity contribution >= 4 is 17.6 Å². The summed E-state index contributed by atoms with van der Waals surface area (Å²) in [6, 6.07) is 6.77. The topological polar surface area (TPSA) is 51.0 Å². The molecule has 6 nitrogen and oxygen atoms in total. The van der Waals surface area contributed by atoms with Crippen LogP contribution in [0.25, 0.3) is 0 Å². The third-order valence-corrected chi connectivity index (χ3v) is 4.15. The summed E-state index contributed by atoms with van der Waals surface area (Å²) in [6.07, 6.45) is 1.84. The summed E-state index contributed by atoms with van der Waals surface area (Å²) in [5.41, 5.74) is 1.78. The van der Waals surface area contributed by atoms with Crippen molar-refractivity contribution in [2.24, 2.45) is 12.0 Å². The van der Waals surface area contributed by atoms with Crippen LogP contribution in [0.5, 0.6) is 11.5 Å². The SMILES string of the molecule is CN=C(NCc1ccc(OC)c(OC(F)F)c1)N(C)Cc1cc(Cl)cn1C. The Kier molecular flexibility index (Phi) is 7.29. The highest BCUT2D eigenvalue weighted by Gasteiger charge is 2.13. The second-order valence-corrected chi connectivity index (χ2v) is 6.32. The molecule has 1 aromatic heterocycles. The monoisotopic (exact) mass is 400 g/mol. The van der Waals surface area contributed by atoms with Crippen LogP contribution in [0.3, 0.4) is 0 Å². The molecule has 0 radical (unpaired) electrons. The summed E-state index contributed by atoms with van der Waals surface area (Å²) in [7, 11) is 6.90. The van der Waals surface area contributed by atoms with E-state index in [4.69, 9.17) is 16.3 Å². The van der Waals surface area contributed by atoms with E-state index < -0.39 is 6.61 Å². The maximum absolute atomic E-state index is 12.6. The number of ether oxygens (including phenoxy) is 2. The lowest BCUT2D eigenvalue weighted by molar-refractivity contribution is -0.0512. The number of alkyl halides is 2. The molecule has 1 heterocycles. The summed E-state index contributed by atoms with van der Waals surface area (Å²) in [5.74, 6) is 0.897. The molecule has 0 bridgehead atoms. The van der Waals surface area contributed by atoms with E-state index in [-0.39, 0.29) is 11.5 Å². The smallest absolute Gasteiger partial charge is 0.387 e. The molecule has 1 aromatic carbocycles. The van der Waals surface area contributed by atoms with Crippen LogP contribution in [-0.2, 0) is 20.1 Å². The minimum Gasteiger partial charge on any atom is -0.493 e. The first-order chi connectivity index (χ1) is 12.8. The van der Waals surface area contributed by atoms with E-state index in [1.807, 2.05) is 35.8 Å². The first-order valence-corrected chi connectivity index (χ1v) is 8.56. The normalized spacial score (nSPS) is 11.6. The molecule has 2 rings (SSSR count). The molecule has 0 amide bonds. The first kappa shape index (κ1) is 20.8. The molecule has 0 spiro atoms. The lowest BCUT2D eigenvalue weighted by atomic mass is 10.2. The number of methoxy groups -OCH3 is 1. The van der Waals surface area contributed by atoms with Gasteiger partial charge < -0.3 is 24.3 Å². The van der Waals surface area contributed by atoms with Gasteiger partial charge in [0.05, 0.1) is 18.7 Å². The van der Waals surface area contributed by atoms with Crippen molar-refractivity contribution in [2.45, 2.75) is 19.7 Å². The van der Waals surface area contributed by atoms with E-state index in [2.05, 4.69) is 15.0 Å². The zero-order valence-corrected chi connectivity index (χ0v) is 16.4. The van der Waals surface area contributed by atoms with Crippen LogP contribution >= 0.6 is 11.6 Å². The third kappa shape index (κ3) is 5.75. The van der Waals surface area contributed by atoms with Gasteiger partial charge in [0, 0.05) is 39.6 Å². The molecular weight excluding hydrogens is 378 g/mol. The van der Waals surface area contributed by atoms with Crippen molar-refractivity contribution in [1.82, 2.24) is 14.8 Å². The van der Waals surface area contributed by atoms with E-state index in [1.54, 1.807) is 19.2 Å².